The Morgan fingerprint density at radius 3 is 2.44 bits per heavy atom. The summed E-state index contributed by atoms with van der Waals surface area (Å²) in [6.45, 7) is 6.08. The van der Waals surface area contributed by atoms with Gasteiger partial charge in [0.25, 0.3) is 0 Å². The molecule has 0 spiro atoms. The molecule has 1 aromatic carbocycles. The van der Waals surface area contributed by atoms with E-state index >= 15 is 0 Å². The summed E-state index contributed by atoms with van der Waals surface area (Å²) in [6, 6.07) is 9.02. The predicted molar refractivity (Wildman–Crippen MR) is 131 cm³/mol. The van der Waals surface area contributed by atoms with Crippen molar-refractivity contribution in [1.29, 1.82) is 0 Å². The van der Waals surface area contributed by atoms with Crippen molar-refractivity contribution in [3.8, 4) is 0 Å². The molecule has 0 amide bonds. The number of nitrogens with zero attached hydrogens (tertiary/aromatic N) is 1. The Hall–Kier alpha value is -2.41. The molecule has 2 heterocycles. The fourth-order valence-electron chi connectivity index (χ4n) is 5.22. The Morgan fingerprint density at radius 1 is 1.18 bits per heavy atom. The first-order valence-electron chi connectivity index (χ1n) is 12.4. The molecule has 190 valence electrons. The smallest absolute Gasteiger partial charge is 0.338 e. The van der Waals surface area contributed by atoms with Gasteiger partial charge in [0.15, 0.2) is 0 Å². The second kappa shape index (κ2) is 12.9. The van der Waals surface area contributed by atoms with Crippen molar-refractivity contribution < 1.29 is 29.0 Å². The van der Waals surface area contributed by atoms with Crippen LogP contribution < -0.4 is 0 Å². The average molecular weight is 476 g/mol. The number of unbranched alkanes of at least 4 members (excludes halogenated alkanes) is 3. The molecule has 3 rings (SSSR count). The van der Waals surface area contributed by atoms with Gasteiger partial charge in [-0.05, 0) is 45.4 Å². The van der Waals surface area contributed by atoms with Crippen LogP contribution in [0.15, 0.2) is 30.3 Å². The fraction of sp³-hybridized carbons (Fsp3) is 0.667. The molecule has 0 radical (unpaired) electrons. The van der Waals surface area contributed by atoms with Crippen LogP contribution in [0.5, 0.6) is 0 Å². The van der Waals surface area contributed by atoms with Crippen LogP contribution in [0.4, 0.5) is 0 Å². The summed E-state index contributed by atoms with van der Waals surface area (Å²) in [6.07, 6.45) is 7.65. The zero-order valence-electron chi connectivity index (χ0n) is 21.3. The molecule has 34 heavy (non-hydrogen) atoms. The van der Waals surface area contributed by atoms with E-state index < -0.39 is 29.5 Å². The zero-order valence-corrected chi connectivity index (χ0v) is 21.3. The van der Waals surface area contributed by atoms with E-state index in [4.69, 9.17) is 4.74 Å². The number of rotatable bonds is 9. The number of carboxylic acid groups (broad SMARTS) is 1. The van der Waals surface area contributed by atoms with Gasteiger partial charge in [0.1, 0.15) is 12.0 Å². The Morgan fingerprint density at radius 2 is 1.85 bits per heavy atom. The minimum absolute atomic E-state index is 0.0758. The molecule has 0 saturated carbocycles. The van der Waals surface area contributed by atoms with Crippen LogP contribution in [0.2, 0.25) is 0 Å². The van der Waals surface area contributed by atoms with Crippen LogP contribution in [-0.2, 0) is 19.1 Å². The highest BCUT2D eigenvalue weighted by molar-refractivity contribution is 5.89. The van der Waals surface area contributed by atoms with Gasteiger partial charge in [0.05, 0.1) is 18.6 Å². The highest BCUT2D eigenvalue weighted by Crippen LogP contribution is 2.47. The maximum Gasteiger partial charge on any atom is 0.338 e. The maximum absolute atomic E-state index is 12.3. The van der Waals surface area contributed by atoms with Gasteiger partial charge in [-0.2, -0.15) is 0 Å². The van der Waals surface area contributed by atoms with E-state index in [1.165, 1.54) is 26.4 Å². The summed E-state index contributed by atoms with van der Waals surface area (Å²) < 4.78 is 10.2. The number of hydrogen-bond donors (Lipinski definition) is 1. The lowest BCUT2D eigenvalue weighted by atomic mass is 9.77. The highest BCUT2D eigenvalue weighted by atomic mass is 16.5. The van der Waals surface area contributed by atoms with E-state index in [2.05, 4.69) is 16.6 Å². The Balaban J connectivity index is 0.000000292. The van der Waals surface area contributed by atoms with Crippen molar-refractivity contribution in [2.75, 3.05) is 14.2 Å². The standard InChI is InChI=1S/C17H21NO4.C10H20O2/c1-17-9-8-12(18(17)2)10-13(14(17)15(19)20)22-16(21)11-6-4-3-5-7-11;1-4-5-6-7-8-9(2)10(11)12-3/h3-7,12-14H,8-10H2,1-2H3,(H,19,20);9H,4-8H2,1-3H3/t12-,13-,14+,17+;/m0./s1. The monoisotopic (exact) mass is 475 g/mol. The Labute approximate surface area is 203 Å². The first-order valence-corrected chi connectivity index (χ1v) is 12.4. The summed E-state index contributed by atoms with van der Waals surface area (Å²) in [5.41, 5.74) is 0.0131. The molecule has 1 N–H and O–H groups in total. The molecule has 2 bridgehead atoms. The van der Waals surface area contributed by atoms with Crippen LogP contribution in [-0.4, -0.2) is 59.8 Å². The minimum Gasteiger partial charge on any atom is -0.481 e. The van der Waals surface area contributed by atoms with Crippen molar-refractivity contribution >= 4 is 17.9 Å². The van der Waals surface area contributed by atoms with Crippen LogP contribution in [0, 0.1) is 11.8 Å². The molecule has 2 aliphatic rings. The van der Waals surface area contributed by atoms with Gasteiger partial charge in [-0.15, -0.1) is 0 Å². The lowest BCUT2D eigenvalue weighted by molar-refractivity contribution is -0.158. The van der Waals surface area contributed by atoms with E-state index in [0.29, 0.717) is 12.0 Å². The quantitative estimate of drug-likeness (QED) is 0.400. The van der Waals surface area contributed by atoms with Crippen LogP contribution >= 0.6 is 0 Å². The highest BCUT2D eigenvalue weighted by Gasteiger charge is 2.57. The van der Waals surface area contributed by atoms with Gasteiger partial charge < -0.3 is 14.6 Å². The van der Waals surface area contributed by atoms with Gasteiger partial charge >= 0.3 is 17.9 Å². The molecule has 5 atom stereocenters. The Kier molecular flexibility index (Phi) is 10.5. The van der Waals surface area contributed by atoms with E-state index in [0.717, 1.165) is 25.7 Å². The molecule has 7 nitrogen and oxygen atoms in total. The number of benzene rings is 1. The number of hydrogen-bond acceptors (Lipinski definition) is 6. The molecule has 0 aromatic heterocycles. The van der Waals surface area contributed by atoms with E-state index in [-0.39, 0.29) is 17.9 Å². The topological polar surface area (TPSA) is 93.1 Å². The Bertz CT molecular complexity index is 813. The van der Waals surface area contributed by atoms with E-state index in [9.17, 15) is 19.5 Å². The summed E-state index contributed by atoms with van der Waals surface area (Å²) >= 11 is 0. The molecule has 1 unspecified atom stereocenters. The predicted octanol–water partition coefficient (Wildman–Crippen LogP) is 4.94. The lowest BCUT2D eigenvalue weighted by Crippen LogP contribution is -2.60. The van der Waals surface area contributed by atoms with Crippen molar-refractivity contribution in [3.63, 3.8) is 0 Å². The number of ether oxygens (including phenoxy) is 2. The number of carboxylic acids is 1. The molecule has 1 aromatic rings. The maximum atomic E-state index is 12.3. The van der Waals surface area contributed by atoms with Gasteiger partial charge in [-0.25, -0.2) is 4.79 Å². The van der Waals surface area contributed by atoms with Gasteiger partial charge in [0, 0.05) is 18.0 Å². The summed E-state index contributed by atoms with van der Waals surface area (Å²) in [4.78, 5) is 37.2. The van der Waals surface area contributed by atoms with Crippen LogP contribution in [0.25, 0.3) is 0 Å². The van der Waals surface area contributed by atoms with Gasteiger partial charge in [0.2, 0.25) is 0 Å². The summed E-state index contributed by atoms with van der Waals surface area (Å²) in [7, 11) is 3.42. The molecule has 7 heteroatoms. The van der Waals surface area contributed by atoms with Crippen molar-refractivity contribution in [2.45, 2.75) is 89.8 Å². The van der Waals surface area contributed by atoms with Crippen molar-refractivity contribution in [2.24, 2.45) is 11.8 Å². The largest absolute Gasteiger partial charge is 0.481 e. The number of fused-ring (bicyclic) bond motifs is 2. The third-order valence-corrected chi connectivity index (χ3v) is 7.51. The first kappa shape index (κ1) is 27.8. The molecule has 2 fully saturated rings. The normalized spacial score (nSPS) is 26.7. The van der Waals surface area contributed by atoms with Crippen LogP contribution in [0.3, 0.4) is 0 Å². The number of carbonyl (C=O) groups is 3. The molecular formula is C27H41NO6. The van der Waals surface area contributed by atoms with Gasteiger partial charge in [-0.1, -0.05) is 57.7 Å². The molecule has 2 aliphatic heterocycles. The third kappa shape index (κ3) is 6.81. The average Bonchev–Trinajstić information content (AvgIpc) is 3.01. The van der Waals surface area contributed by atoms with E-state index in [1.807, 2.05) is 27.0 Å². The minimum atomic E-state index is -0.888. The second-order valence-corrected chi connectivity index (χ2v) is 9.80. The summed E-state index contributed by atoms with van der Waals surface area (Å²) in [5, 5.41) is 9.68. The number of esters is 2. The number of methoxy groups -OCH3 is 1. The van der Waals surface area contributed by atoms with Crippen LogP contribution in [0.1, 0.15) is 82.5 Å². The zero-order chi connectivity index (χ0) is 25.3. The second-order valence-electron chi connectivity index (χ2n) is 9.80. The molecular weight excluding hydrogens is 434 g/mol. The number of piperidine rings is 1. The van der Waals surface area contributed by atoms with Crippen molar-refractivity contribution in [1.82, 2.24) is 4.90 Å². The number of carbonyl (C=O) groups excluding carboxylic acids is 2. The number of aliphatic carboxylic acids is 1. The molecule has 2 saturated heterocycles. The third-order valence-electron chi connectivity index (χ3n) is 7.51. The van der Waals surface area contributed by atoms with E-state index in [1.54, 1.807) is 24.3 Å². The van der Waals surface area contributed by atoms with Gasteiger partial charge in [-0.3, -0.25) is 14.5 Å². The lowest BCUT2D eigenvalue weighted by Gasteiger charge is -2.47. The SMILES string of the molecule is CCCCCCC(C)C(=O)OC.CN1[C@H]2CC[C@]1(C)[C@@H](C(=O)O)[C@@H](OC(=O)c1ccccc1)C2. The summed E-state index contributed by atoms with van der Waals surface area (Å²) in [5.74, 6) is -2.02. The molecule has 0 aliphatic carbocycles. The van der Waals surface area contributed by atoms with Crippen molar-refractivity contribution in [3.05, 3.63) is 35.9 Å². The first-order chi connectivity index (χ1) is 16.2. The fourth-order valence-corrected chi connectivity index (χ4v) is 5.22.